The molecule has 0 radical (unpaired) electrons. The third kappa shape index (κ3) is 3.00. The molecule has 0 fully saturated rings. The van der Waals surface area contributed by atoms with Gasteiger partial charge in [0.25, 0.3) is 5.91 Å². The van der Waals surface area contributed by atoms with Gasteiger partial charge in [0.1, 0.15) is 16.0 Å². The molecule has 1 aromatic carbocycles. The first-order valence-electron chi connectivity index (χ1n) is 6.78. The molecule has 1 N–H and O–H groups in total. The number of thiazole rings is 1. The average molecular weight is 358 g/mol. The lowest BCUT2D eigenvalue weighted by atomic mass is 10.2. The second-order valence-electron chi connectivity index (χ2n) is 4.77. The van der Waals surface area contributed by atoms with E-state index in [1.54, 1.807) is 34.8 Å². The van der Waals surface area contributed by atoms with Crippen LogP contribution in [0.3, 0.4) is 0 Å². The van der Waals surface area contributed by atoms with Crippen LogP contribution in [0, 0.1) is 0 Å². The zero-order chi connectivity index (χ0) is 15.6. The van der Waals surface area contributed by atoms with Crippen LogP contribution in [0.25, 0.3) is 20.9 Å². The molecule has 3 aromatic heterocycles. The number of aromatic nitrogens is 3. The average Bonchev–Trinajstić information content (AvgIpc) is 3.32. The van der Waals surface area contributed by atoms with Crippen molar-refractivity contribution >= 4 is 51.3 Å². The standard InChI is InChI=1S/C15H10N4OS3/c20-14(9-3-4-11-12(6-9)19-23-18-11)16-7-10-8-22-15(17-10)13-2-1-5-21-13/h1-6,8H,7H2,(H,16,20). The van der Waals surface area contributed by atoms with Gasteiger partial charge in [-0.15, -0.1) is 22.7 Å². The molecule has 0 unspecified atom stereocenters. The second kappa shape index (κ2) is 6.15. The number of nitrogens with zero attached hydrogens (tertiary/aromatic N) is 3. The third-order valence-corrected chi connectivity index (χ3v) is 5.72. The first-order valence-corrected chi connectivity index (χ1v) is 9.27. The molecule has 8 heteroatoms. The van der Waals surface area contributed by atoms with E-state index < -0.39 is 0 Å². The van der Waals surface area contributed by atoms with Gasteiger partial charge < -0.3 is 5.32 Å². The van der Waals surface area contributed by atoms with E-state index in [-0.39, 0.29) is 5.91 Å². The Morgan fingerprint density at radius 1 is 1.13 bits per heavy atom. The molecule has 3 heterocycles. The van der Waals surface area contributed by atoms with Crippen molar-refractivity contribution < 1.29 is 4.79 Å². The summed E-state index contributed by atoms with van der Waals surface area (Å²) in [6, 6.07) is 9.38. The van der Waals surface area contributed by atoms with Crippen molar-refractivity contribution in [3.05, 3.63) is 52.3 Å². The van der Waals surface area contributed by atoms with E-state index in [4.69, 9.17) is 0 Å². The van der Waals surface area contributed by atoms with Crippen LogP contribution in [0.5, 0.6) is 0 Å². The van der Waals surface area contributed by atoms with Gasteiger partial charge in [-0.1, -0.05) is 6.07 Å². The Labute approximate surface area is 144 Å². The van der Waals surface area contributed by atoms with Crippen molar-refractivity contribution in [3.8, 4) is 9.88 Å². The van der Waals surface area contributed by atoms with E-state index in [9.17, 15) is 4.79 Å². The highest BCUT2D eigenvalue weighted by Crippen LogP contribution is 2.27. The summed E-state index contributed by atoms with van der Waals surface area (Å²) in [6.07, 6.45) is 0. The van der Waals surface area contributed by atoms with Gasteiger partial charge in [0.05, 0.1) is 28.8 Å². The van der Waals surface area contributed by atoms with Crippen molar-refractivity contribution in [1.29, 1.82) is 0 Å². The Bertz CT molecular complexity index is 958. The van der Waals surface area contributed by atoms with Crippen LogP contribution in [-0.2, 0) is 6.54 Å². The van der Waals surface area contributed by atoms with Gasteiger partial charge in [0, 0.05) is 10.9 Å². The predicted octanol–water partition coefficient (Wildman–Crippen LogP) is 3.81. The monoisotopic (exact) mass is 358 g/mol. The SMILES string of the molecule is O=C(NCc1csc(-c2cccs2)n1)c1ccc2nsnc2c1. The highest BCUT2D eigenvalue weighted by atomic mass is 32.1. The summed E-state index contributed by atoms with van der Waals surface area (Å²) in [4.78, 5) is 17.9. The highest BCUT2D eigenvalue weighted by molar-refractivity contribution is 7.20. The van der Waals surface area contributed by atoms with Crippen molar-refractivity contribution in [2.75, 3.05) is 0 Å². The molecule has 0 saturated heterocycles. The maximum atomic E-state index is 12.2. The van der Waals surface area contributed by atoms with Gasteiger partial charge in [-0.2, -0.15) is 8.75 Å². The predicted molar refractivity (Wildman–Crippen MR) is 94.0 cm³/mol. The van der Waals surface area contributed by atoms with Gasteiger partial charge in [-0.25, -0.2) is 4.98 Å². The summed E-state index contributed by atoms with van der Waals surface area (Å²) in [6.45, 7) is 0.411. The molecule has 23 heavy (non-hydrogen) atoms. The fourth-order valence-electron chi connectivity index (χ4n) is 2.10. The molecule has 4 rings (SSSR count). The fraction of sp³-hybridized carbons (Fsp3) is 0.0667. The molecule has 0 bridgehead atoms. The zero-order valence-electron chi connectivity index (χ0n) is 11.7. The Hall–Kier alpha value is -2.16. The van der Waals surface area contributed by atoms with Gasteiger partial charge in [0.2, 0.25) is 0 Å². The molecule has 4 aromatic rings. The minimum atomic E-state index is -0.134. The maximum absolute atomic E-state index is 12.2. The smallest absolute Gasteiger partial charge is 0.251 e. The van der Waals surface area contributed by atoms with Crippen LogP contribution in [0.1, 0.15) is 16.1 Å². The van der Waals surface area contributed by atoms with Crippen LogP contribution in [-0.4, -0.2) is 19.6 Å². The summed E-state index contributed by atoms with van der Waals surface area (Å²) in [7, 11) is 0. The minimum Gasteiger partial charge on any atom is -0.346 e. The van der Waals surface area contributed by atoms with Crippen LogP contribution < -0.4 is 5.32 Å². The van der Waals surface area contributed by atoms with Crippen LogP contribution in [0.2, 0.25) is 0 Å². The van der Waals surface area contributed by atoms with Crippen molar-refractivity contribution in [1.82, 2.24) is 19.0 Å². The Balaban J connectivity index is 1.45. The third-order valence-electron chi connectivity index (χ3n) is 3.23. The number of thiophene rings is 1. The lowest BCUT2D eigenvalue weighted by Crippen LogP contribution is -2.22. The van der Waals surface area contributed by atoms with Crippen molar-refractivity contribution in [2.24, 2.45) is 0 Å². The number of benzene rings is 1. The van der Waals surface area contributed by atoms with Crippen molar-refractivity contribution in [2.45, 2.75) is 6.54 Å². The summed E-state index contributed by atoms with van der Waals surface area (Å²) in [5.41, 5.74) is 3.00. The molecule has 0 aliphatic carbocycles. The van der Waals surface area contributed by atoms with Gasteiger partial charge in [-0.3, -0.25) is 4.79 Å². The van der Waals surface area contributed by atoms with Gasteiger partial charge in [0.15, 0.2) is 0 Å². The molecule has 0 atom stereocenters. The first-order chi connectivity index (χ1) is 11.3. The van der Waals surface area contributed by atoms with E-state index in [2.05, 4.69) is 19.0 Å². The molecule has 5 nitrogen and oxygen atoms in total. The van der Waals surface area contributed by atoms with E-state index in [1.807, 2.05) is 29.0 Å². The minimum absolute atomic E-state index is 0.134. The number of carbonyl (C=O) groups is 1. The number of rotatable bonds is 4. The number of carbonyl (C=O) groups excluding carboxylic acids is 1. The van der Waals surface area contributed by atoms with E-state index in [0.717, 1.165) is 38.3 Å². The molecule has 0 aliphatic rings. The number of nitrogens with one attached hydrogen (secondary N) is 1. The number of hydrogen-bond acceptors (Lipinski definition) is 7. The summed E-state index contributed by atoms with van der Waals surface area (Å²) in [5.74, 6) is -0.134. The molecule has 114 valence electrons. The lowest BCUT2D eigenvalue weighted by molar-refractivity contribution is 0.0950. The quantitative estimate of drug-likeness (QED) is 0.602. The highest BCUT2D eigenvalue weighted by Gasteiger charge is 2.10. The van der Waals surface area contributed by atoms with Crippen molar-refractivity contribution in [3.63, 3.8) is 0 Å². The molecule has 1 amide bonds. The second-order valence-corrected chi connectivity index (χ2v) is 7.11. The number of amides is 1. The fourth-order valence-corrected chi connectivity index (χ4v) is 4.25. The summed E-state index contributed by atoms with van der Waals surface area (Å²) >= 11 is 4.40. The largest absolute Gasteiger partial charge is 0.346 e. The summed E-state index contributed by atoms with van der Waals surface area (Å²) < 4.78 is 8.28. The number of hydrogen-bond donors (Lipinski definition) is 1. The zero-order valence-corrected chi connectivity index (χ0v) is 14.2. The maximum Gasteiger partial charge on any atom is 0.251 e. The molecular weight excluding hydrogens is 348 g/mol. The molecular formula is C15H10N4OS3. The normalized spacial score (nSPS) is 11.0. The van der Waals surface area contributed by atoms with Crippen LogP contribution >= 0.6 is 34.4 Å². The van der Waals surface area contributed by atoms with E-state index >= 15 is 0 Å². The van der Waals surface area contributed by atoms with Crippen LogP contribution in [0.15, 0.2) is 41.1 Å². The van der Waals surface area contributed by atoms with E-state index in [1.165, 1.54) is 0 Å². The van der Waals surface area contributed by atoms with E-state index in [0.29, 0.717) is 12.1 Å². The first kappa shape index (κ1) is 14.4. The molecule has 0 aliphatic heterocycles. The lowest BCUT2D eigenvalue weighted by Gasteiger charge is -2.03. The Morgan fingerprint density at radius 3 is 2.91 bits per heavy atom. The molecule has 0 spiro atoms. The topological polar surface area (TPSA) is 67.8 Å². The van der Waals surface area contributed by atoms with Gasteiger partial charge in [-0.05, 0) is 29.6 Å². The van der Waals surface area contributed by atoms with Gasteiger partial charge >= 0.3 is 0 Å². The molecule has 0 saturated carbocycles. The summed E-state index contributed by atoms with van der Waals surface area (Å²) in [5, 5.41) is 7.88. The Kier molecular flexibility index (Phi) is 3.86. The number of fused-ring (bicyclic) bond motifs is 1. The van der Waals surface area contributed by atoms with Crippen LogP contribution in [0.4, 0.5) is 0 Å². The Morgan fingerprint density at radius 2 is 2.04 bits per heavy atom.